The van der Waals surface area contributed by atoms with Crippen LogP contribution in [0, 0.1) is 5.82 Å². The number of benzene rings is 2. The predicted molar refractivity (Wildman–Crippen MR) is 75.9 cm³/mol. The van der Waals surface area contributed by atoms with Gasteiger partial charge in [-0.05, 0) is 41.7 Å². The van der Waals surface area contributed by atoms with Crippen molar-refractivity contribution in [3.63, 3.8) is 0 Å². The quantitative estimate of drug-likeness (QED) is 0.720. The Morgan fingerprint density at radius 3 is 2.47 bits per heavy atom. The van der Waals surface area contributed by atoms with E-state index in [4.69, 9.17) is 0 Å². The summed E-state index contributed by atoms with van der Waals surface area (Å²) in [6.07, 6.45) is 0. The summed E-state index contributed by atoms with van der Waals surface area (Å²) in [4.78, 5) is 11.6. The molecule has 0 atom stereocenters. The van der Waals surface area contributed by atoms with E-state index in [1.165, 1.54) is 24.6 Å². The molecule has 0 heterocycles. The fourth-order valence-corrected chi connectivity index (χ4v) is 2.12. The lowest BCUT2D eigenvalue weighted by molar-refractivity contribution is 0.101. The molecule has 2 heteroatoms. The smallest absolute Gasteiger partial charge is 0.160 e. The van der Waals surface area contributed by atoms with Gasteiger partial charge >= 0.3 is 0 Å². The Hall–Kier alpha value is -1.96. The van der Waals surface area contributed by atoms with Crippen molar-refractivity contribution in [3.8, 4) is 11.1 Å². The molecular weight excluding hydrogens is 239 g/mol. The molecular formula is C17H17FO. The highest BCUT2D eigenvalue weighted by Gasteiger charge is 2.11. The zero-order chi connectivity index (χ0) is 14.0. The summed E-state index contributed by atoms with van der Waals surface area (Å²) in [5.41, 5.74) is 3.38. The summed E-state index contributed by atoms with van der Waals surface area (Å²) in [6, 6.07) is 12.4. The van der Waals surface area contributed by atoms with Gasteiger partial charge in [0.05, 0.1) is 0 Å². The van der Waals surface area contributed by atoms with Crippen molar-refractivity contribution in [2.45, 2.75) is 26.7 Å². The van der Waals surface area contributed by atoms with Gasteiger partial charge in [0.15, 0.2) is 5.78 Å². The molecule has 0 saturated heterocycles. The van der Waals surface area contributed by atoms with E-state index < -0.39 is 0 Å². The van der Waals surface area contributed by atoms with Gasteiger partial charge in [0.1, 0.15) is 5.82 Å². The first-order chi connectivity index (χ1) is 8.99. The highest BCUT2D eigenvalue weighted by Crippen LogP contribution is 2.27. The maximum absolute atomic E-state index is 13.3. The third-order valence-corrected chi connectivity index (χ3v) is 3.23. The van der Waals surface area contributed by atoms with Gasteiger partial charge in [-0.3, -0.25) is 4.79 Å². The number of carbonyl (C=O) groups is 1. The number of hydrogen-bond donors (Lipinski definition) is 0. The molecule has 0 amide bonds. The van der Waals surface area contributed by atoms with Crippen molar-refractivity contribution in [2.24, 2.45) is 0 Å². The second kappa shape index (κ2) is 5.35. The average molecular weight is 256 g/mol. The lowest BCUT2D eigenvalue weighted by Gasteiger charge is -2.11. The van der Waals surface area contributed by atoms with Gasteiger partial charge in [-0.2, -0.15) is 0 Å². The summed E-state index contributed by atoms with van der Waals surface area (Å²) in [6.45, 7) is 5.70. The molecule has 0 aliphatic heterocycles. The van der Waals surface area contributed by atoms with Gasteiger partial charge in [-0.1, -0.05) is 44.2 Å². The van der Waals surface area contributed by atoms with E-state index in [9.17, 15) is 9.18 Å². The lowest BCUT2D eigenvalue weighted by Crippen LogP contribution is -1.98. The number of carbonyl (C=O) groups excluding carboxylic acids is 1. The molecule has 0 spiro atoms. The molecule has 0 unspecified atom stereocenters. The predicted octanol–water partition coefficient (Wildman–Crippen LogP) is 4.82. The van der Waals surface area contributed by atoms with E-state index in [0.29, 0.717) is 11.5 Å². The number of Topliss-reactive ketones (excluding diaryl/α,β-unsaturated/α-hetero) is 1. The van der Waals surface area contributed by atoms with E-state index in [-0.39, 0.29) is 11.6 Å². The minimum atomic E-state index is -0.381. The molecule has 0 aliphatic rings. The van der Waals surface area contributed by atoms with Crippen LogP contribution in [0.25, 0.3) is 11.1 Å². The van der Waals surface area contributed by atoms with Crippen LogP contribution in [0.1, 0.15) is 42.6 Å². The van der Waals surface area contributed by atoms with Crippen LogP contribution in [-0.2, 0) is 0 Å². The van der Waals surface area contributed by atoms with Crippen LogP contribution in [0.5, 0.6) is 0 Å². The maximum Gasteiger partial charge on any atom is 0.160 e. The Kier molecular flexibility index (Phi) is 3.79. The zero-order valence-electron chi connectivity index (χ0n) is 11.4. The highest BCUT2D eigenvalue weighted by molar-refractivity contribution is 6.00. The van der Waals surface area contributed by atoms with Crippen molar-refractivity contribution >= 4 is 5.78 Å². The van der Waals surface area contributed by atoms with Crippen molar-refractivity contribution in [3.05, 3.63) is 59.4 Å². The average Bonchev–Trinajstić information content (AvgIpc) is 2.38. The van der Waals surface area contributed by atoms with E-state index in [2.05, 4.69) is 26.0 Å². The molecule has 2 aromatic rings. The van der Waals surface area contributed by atoms with E-state index >= 15 is 0 Å². The van der Waals surface area contributed by atoms with Crippen LogP contribution in [-0.4, -0.2) is 5.78 Å². The summed E-state index contributed by atoms with van der Waals surface area (Å²) in [5, 5.41) is 0. The first-order valence-electron chi connectivity index (χ1n) is 6.40. The minimum Gasteiger partial charge on any atom is -0.294 e. The monoisotopic (exact) mass is 256 g/mol. The van der Waals surface area contributed by atoms with Crippen molar-refractivity contribution in [1.29, 1.82) is 0 Å². The van der Waals surface area contributed by atoms with Crippen molar-refractivity contribution in [2.75, 3.05) is 0 Å². The fraction of sp³-hybridized carbons (Fsp3) is 0.235. The molecule has 2 aromatic carbocycles. The Balaban J connectivity index is 2.58. The fourth-order valence-electron chi connectivity index (χ4n) is 2.12. The maximum atomic E-state index is 13.3. The third kappa shape index (κ3) is 2.90. The molecule has 19 heavy (non-hydrogen) atoms. The Labute approximate surface area is 113 Å². The number of hydrogen-bond acceptors (Lipinski definition) is 1. The summed E-state index contributed by atoms with van der Waals surface area (Å²) in [5.74, 6) is -0.0837. The van der Waals surface area contributed by atoms with E-state index in [1.54, 1.807) is 6.07 Å². The van der Waals surface area contributed by atoms with Gasteiger partial charge in [0.25, 0.3) is 0 Å². The van der Waals surface area contributed by atoms with E-state index in [1.807, 2.05) is 12.1 Å². The Morgan fingerprint density at radius 2 is 1.84 bits per heavy atom. The lowest BCUT2D eigenvalue weighted by atomic mass is 9.93. The molecule has 0 N–H and O–H groups in total. The molecule has 0 saturated carbocycles. The molecule has 1 nitrogen and oxygen atoms in total. The minimum absolute atomic E-state index is 0.121. The van der Waals surface area contributed by atoms with E-state index in [0.717, 1.165) is 11.1 Å². The summed E-state index contributed by atoms with van der Waals surface area (Å²) in [7, 11) is 0. The second-order valence-corrected chi connectivity index (χ2v) is 5.03. The van der Waals surface area contributed by atoms with Crippen LogP contribution < -0.4 is 0 Å². The molecule has 98 valence electrons. The molecule has 2 rings (SSSR count). The topological polar surface area (TPSA) is 17.1 Å². The molecule has 0 radical (unpaired) electrons. The van der Waals surface area contributed by atoms with Crippen molar-refractivity contribution < 1.29 is 9.18 Å². The zero-order valence-corrected chi connectivity index (χ0v) is 11.4. The SMILES string of the molecule is CC(=O)c1cc(F)ccc1-c1cccc(C(C)C)c1. The van der Waals surface area contributed by atoms with Crippen molar-refractivity contribution in [1.82, 2.24) is 0 Å². The molecule has 0 aromatic heterocycles. The van der Waals surface area contributed by atoms with Gasteiger partial charge in [-0.15, -0.1) is 0 Å². The van der Waals surface area contributed by atoms with Gasteiger partial charge < -0.3 is 0 Å². The van der Waals surface area contributed by atoms with Crippen LogP contribution >= 0.6 is 0 Å². The van der Waals surface area contributed by atoms with Gasteiger partial charge in [-0.25, -0.2) is 4.39 Å². The number of rotatable bonds is 3. The normalized spacial score (nSPS) is 10.8. The Morgan fingerprint density at radius 1 is 1.11 bits per heavy atom. The van der Waals surface area contributed by atoms with Gasteiger partial charge in [0.2, 0.25) is 0 Å². The standard InChI is InChI=1S/C17H17FO/c1-11(2)13-5-4-6-14(9-13)16-8-7-15(18)10-17(16)12(3)19/h4-11H,1-3H3. The number of halogens is 1. The van der Waals surface area contributed by atoms with Crippen LogP contribution in [0.3, 0.4) is 0 Å². The highest BCUT2D eigenvalue weighted by atomic mass is 19.1. The summed E-state index contributed by atoms with van der Waals surface area (Å²) < 4.78 is 13.3. The second-order valence-electron chi connectivity index (χ2n) is 5.03. The van der Waals surface area contributed by atoms with Crippen LogP contribution in [0.2, 0.25) is 0 Å². The third-order valence-electron chi connectivity index (χ3n) is 3.23. The molecule has 0 fully saturated rings. The van der Waals surface area contributed by atoms with Crippen LogP contribution in [0.15, 0.2) is 42.5 Å². The van der Waals surface area contributed by atoms with Crippen LogP contribution in [0.4, 0.5) is 4.39 Å². The molecule has 0 bridgehead atoms. The summed E-state index contributed by atoms with van der Waals surface area (Å²) >= 11 is 0. The first kappa shape index (κ1) is 13.5. The largest absolute Gasteiger partial charge is 0.294 e. The molecule has 0 aliphatic carbocycles. The number of ketones is 1. The Bertz CT molecular complexity index is 614. The first-order valence-corrected chi connectivity index (χ1v) is 6.40. The van der Waals surface area contributed by atoms with Gasteiger partial charge in [0, 0.05) is 5.56 Å².